The van der Waals surface area contributed by atoms with Crippen LogP contribution in [0.3, 0.4) is 0 Å². The predicted octanol–water partition coefficient (Wildman–Crippen LogP) is 4.66. The van der Waals surface area contributed by atoms with E-state index in [1.807, 2.05) is 17.8 Å². The second-order valence-corrected chi connectivity index (χ2v) is 5.84. The van der Waals surface area contributed by atoms with Crippen molar-refractivity contribution in [3.63, 3.8) is 0 Å². The minimum Gasteiger partial charge on any atom is -0.319 e. The van der Waals surface area contributed by atoms with Crippen LogP contribution in [0, 0.1) is 6.92 Å². The van der Waals surface area contributed by atoms with Crippen molar-refractivity contribution in [2.45, 2.75) is 31.3 Å². The molecule has 0 aliphatic heterocycles. The summed E-state index contributed by atoms with van der Waals surface area (Å²) in [7, 11) is 0. The van der Waals surface area contributed by atoms with Crippen molar-refractivity contribution in [2.75, 3.05) is 0 Å². The Morgan fingerprint density at radius 1 is 1.05 bits per heavy atom. The molecule has 0 bridgehead atoms. The molecule has 1 heterocycles. The lowest BCUT2D eigenvalue weighted by molar-refractivity contribution is 0.702. The van der Waals surface area contributed by atoms with Crippen LogP contribution >= 0.6 is 11.8 Å². The van der Waals surface area contributed by atoms with Gasteiger partial charge in [0.15, 0.2) is 5.16 Å². The van der Waals surface area contributed by atoms with E-state index < -0.39 is 0 Å². The molecule has 0 unspecified atom stereocenters. The summed E-state index contributed by atoms with van der Waals surface area (Å²) in [6.45, 7) is 5.24. The second kappa shape index (κ2) is 5.71. The van der Waals surface area contributed by atoms with Gasteiger partial charge in [0, 0.05) is 12.3 Å². The molecule has 0 aliphatic carbocycles. The van der Waals surface area contributed by atoms with Crippen molar-refractivity contribution in [2.24, 2.45) is 0 Å². The monoisotopic (exact) mass is 282 g/mol. The molecule has 0 N–H and O–H groups in total. The van der Waals surface area contributed by atoms with Crippen molar-refractivity contribution in [1.29, 1.82) is 0 Å². The maximum atomic E-state index is 4.74. The van der Waals surface area contributed by atoms with E-state index in [4.69, 9.17) is 4.98 Å². The lowest BCUT2D eigenvalue weighted by Gasteiger charge is -2.05. The first-order valence-electron chi connectivity index (χ1n) is 6.91. The number of benzene rings is 2. The minimum atomic E-state index is 0.955. The van der Waals surface area contributed by atoms with E-state index >= 15 is 0 Å². The highest BCUT2D eigenvalue weighted by Gasteiger charge is 2.09. The van der Waals surface area contributed by atoms with E-state index in [0.717, 1.165) is 23.0 Å². The summed E-state index contributed by atoms with van der Waals surface area (Å²) in [5.74, 6) is 0.962. The number of hydrogen-bond donors (Lipinski definition) is 0. The van der Waals surface area contributed by atoms with Crippen LogP contribution in [0.2, 0.25) is 0 Å². The molecule has 20 heavy (non-hydrogen) atoms. The molecule has 2 nitrogen and oxygen atoms in total. The number of rotatable bonds is 4. The molecule has 0 saturated carbocycles. The summed E-state index contributed by atoms with van der Waals surface area (Å²) >= 11 is 1.81. The van der Waals surface area contributed by atoms with Gasteiger partial charge in [0.25, 0.3) is 0 Å². The van der Waals surface area contributed by atoms with Gasteiger partial charge in [0.2, 0.25) is 0 Å². The molecule has 0 atom stereocenters. The van der Waals surface area contributed by atoms with Gasteiger partial charge < -0.3 is 4.57 Å². The third-order valence-corrected chi connectivity index (χ3v) is 4.47. The van der Waals surface area contributed by atoms with Crippen LogP contribution in [0.5, 0.6) is 0 Å². The predicted molar refractivity (Wildman–Crippen MR) is 86.1 cm³/mol. The Hall–Kier alpha value is -1.74. The highest BCUT2D eigenvalue weighted by atomic mass is 32.2. The van der Waals surface area contributed by atoms with Gasteiger partial charge in [-0.15, -0.1) is 0 Å². The number of aryl methyl sites for hydroxylation is 2. The highest BCUT2D eigenvalue weighted by molar-refractivity contribution is 7.98. The average Bonchev–Trinajstić information content (AvgIpc) is 2.84. The van der Waals surface area contributed by atoms with Gasteiger partial charge in [-0.05, 0) is 31.5 Å². The number of nitrogens with zero attached hydrogens (tertiary/aromatic N) is 2. The maximum absolute atomic E-state index is 4.74. The summed E-state index contributed by atoms with van der Waals surface area (Å²) in [6.07, 6.45) is 0. The van der Waals surface area contributed by atoms with Crippen molar-refractivity contribution in [3.05, 3.63) is 59.7 Å². The van der Waals surface area contributed by atoms with Crippen molar-refractivity contribution >= 4 is 22.8 Å². The molecule has 0 spiro atoms. The average molecular weight is 282 g/mol. The molecule has 0 fully saturated rings. The molecule has 0 saturated heterocycles. The normalized spacial score (nSPS) is 11.1. The molecule has 0 aliphatic rings. The second-order valence-electron chi connectivity index (χ2n) is 4.90. The fourth-order valence-electron chi connectivity index (χ4n) is 2.30. The first-order valence-corrected chi connectivity index (χ1v) is 7.90. The SMILES string of the molecule is CCn1c(SCc2ccc(C)cc2)nc2ccccc21. The molecular formula is C17H18N2S. The molecule has 0 radical (unpaired) electrons. The third kappa shape index (κ3) is 2.59. The fraction of sp³-hybridized carbons (Fsp3) is 0.235. The number of para-hydroxylation sites is 2. The number of imidazole rings is 1. The van der Waals surface area contributed by atoms with Crippen LogP contribution in [-0.4, -0.2) is 9.55 Å². The maximum Gasteiger partial charge on any atom is 0.169 e. The zero-order chi connectivity index (χ0) is 13.9. The zero-order valence-corrected chi connectivity index (χ0v) is 12.7. The molecule has 0 amide bonds. The van der Waals surface area contributed by atoms with E-state index in [2.05, 4.69) is 60.9 Å². The largest absolute Gasteiger partial charge is 0.319 e. The number of thioether (sulfide) groups is 1. The Balaban J connectivity index is 1.85. The van der Waals surface area contributed by atoms with Crippen LogP contribution in [0.15, 0.2) is 53.7 Å². The van der Waals surface area contributed by atoms with Gasteiger partial charge >= 0.3 is 0 Å². The van der Waals surface area contributed by atoms with Crippen LogP contribution < -0.4 is 0 Å². The summed E-state index contributed by atoms with van der Waals surface area (Å²) < 4.78 is 2.29. The summed E-state index contributed by atoms with van der Waals surface area (Å²) in [6, 6.07) is 17.1. The summed E-state index contributed by atoms with van der Waals surface area (Å²) in [4.78, 5) is 4.74. The van der Waals surface area contributed by atoms with Crippen LogP contribution in [0.25, 0.3) is 11.0 Å². The molecule has 2 aromatic carbocycles. The van der Waals surface area contributed by atoms with Gasteiger partial charge in [-0.1, -0.05) is 53.7 Å². The zero-order valence-electron chi connectivity index (χ0n) is 11.8. The van der Waals surface area contributed by atoms with Crippen molar-refractivity contribution in [3.8, 4) is 0 Å². The van der Waals surface area contributed by atoms with Crippen LogP contribution in [0.4, 0.5) is 0 Å². The Morgan fingerprint density at radius 3 is 2.55 bits per heavy atom. The molecule has 3 aromatic rings. The minimum absolute atomic E-state index is 0.955. The smallest absolute Gasteiger partial charge is 0.169 e. The fourth-order valence-corrected chi connectivity index (χ4v) is 3.34. The highest BCUT2D eigenvalue weighted by Crippen LogP contribution is 2.26. The van der Waals surface area contributed by atoms with E-state index in [0.29, 0.717) is 0 Å². The Morgan fingerprint density at radius 2 is 1.80 bits per heavy atom. The number of hydrogen-bond acceptors (Lipinski definition) is 2. The van der Waals surface area contributed by atoms with Gasteiger partial charge in [0.1, 0.15) is 0 Å². The topological polar surface area (TPSA) is 17.8 Å². The molecule has 102 valence electrons. The van der Waals surface area contributed by atoms with Crippen molar-refractivity contribution in [1.82, 2.24) is 9.55 Å². The molecule has 3 heteroatoms. The summed E-state index contributed by atoms with van der Waals surface area (Å²) in [5, 5.41) is 1.11. The number of fused-ring (bicyclic) bond motifs is 1. The Kier molecular flexibility index (Phi) is 3.79. The van der Waals surface area contributed by atoms with Gasteiger partial charge in [-0.3, -0.25) is 0 Å². The molecule has 1 aromatic heterocycles. The van der Waals surface area contributed by atoms with Crippen LogP contribution in [0.1, 0.15) is 18.1 Å². The number of aromatic nitrogens is 2. The van der Waals surface area contributed by atoms with Gasteiger partial charge in [-0.25, -0.2) is 4.98 Å². The first kappa shape index (κ1) is 13.3. The van der Waals surface area contributed by atoms with E-state index in [1.165, 1.54) is 16.6 Å². The van der Waals surface area contributed by atoms with E-state index in [-0.39, 0.29) is 0 Å². The quantitative estimate of drug-likeness (QED) is 0.648. The lowest BCUT2D eigenvalue weighted by Crippen LogP contribution is -1.96. The standard InChI is InChI=1S/C17H18N2S/c1-3-19-16-7-5-4-6-15(16)18-17(19)20-12-14-10-8-13(2)9-11-14/h4-11H,3,12H2,1-2H3. The Labute approximate surface area is 123 Å². The molecule has 3 rings (SSSR count). The lowest BCUT2D eigenvalue weighted by atomic mass is 10.2. The van der Waals surface area contributed by atoms with Gasteiger partial charge in [-0.2, -0.15) is 0 Å². The van der Waals surface area contributed by atoms with E-state index in [1.54, 1.807) is 0 Å². The molecular weight excluding hydrogens is 264 g/mol. The van der Waals surface area contributed by atoms with Crippen molar-refractivity contribution < 1.29 is 0 Å². The van der Waals surface area contributed by atoms with E-state index in [9.17, 15) is 0 Å². The Bertz CT molecular complexity index is 713. The first-order chi connectivity index (χ1) is 9.78. The summed E-state index contributed by atoms with van der Waals surface area (Å²) in [5.41, 5.74) is 4.96. The van der Waals surface area contributed by atoms with Gasteiger partial charge in [0.05, 0.1) is 11.0 Å². The third-order valence-electron chi connectivity index (χ3n) is 3.42. The van der Waals surface area contributed by atoms with Crippen LogP contribution in [-0.2, 0) is 12.3 Å².